The fourth-order valence-electron chi connectivity index (χ4n) is 3.43. The van der Waals surface area contributed by atoms with Gasteiger partial charge in [-0.15, -0.1) is 11.3 Å². The van der Waals surface area contributed by atoms with Gasteiger partial charge in [0.05, 0.1) is 12.1 Å². The minimum Gasteiger partial charge on any atom is -0.371 e. The van der Waals surface area contributed by atoms with Crippen molar-refractivity contribution < 1.29 is 9.59 Å². The lowest BCUT2D eigenvalue weighted by Gasteiger charge is -2.17. The Morgan fingerprint density at radius 1 is 1.14 bits per heavy atom. The second kappa shape index (κ2) is 8.45. The SMILES string of the molecule is CCN1CCc2ccc(NC(=O)Cc3csc(NC(=O)c4ccccc4)n3)cc21. The molecule has 4 rings (SSSR count). The molecular weight excluding hydrogens is 384 g/mol. The molecule has 0 radical (unpaired) electrons. The van der Waals surface area contributed by atoms with E-state index in [0.29, 0.717) is 16.4 Å². The van der Waals surface area contributed by atoms with Crippen LogP contribution in [0.2, 0.25) is 0 Å². The van der Waals surface area contributed by atoms with E-state index in [9.17, 15) is 9.59 Å². The fourth-order valence-corrected chi connectivity index (χ4v) is 4.13. The first-order valence-corrected chi connectivity index (χ1v) is 10.5. The van der Waals surface area contributed by atoms with Gasteiger partial charge in [-0.1, -0.05) is 24.3 Å². The molecule has 0 unspecified atom stereocenters. The van der Waals surface area contributed by atoms with Gasteiger partial charge < -0.3 is 10.2 Å². The van der Waals surface area contributed by atoms with Crippen molar-refractivity contribution in [1.29, 1.82) is 0 Å². The second-order valence-corrected chi connectivity index (χ2v) is 7.72. The van der Waals surface area contributed by atoms with E-state index in [1.807, 2.05) is 30.3 Å². The third-order valence-electron chi connectivity index (χ3n) is 4.89. The first-order valence-electron chi connectivity index (χ1n) is 9.61. The summed E-state index contributed by atoms with van der Waals surface area (Å²) in [6, 6.07) is 15.0. The number of benzene rings is 2. The van der Waals surface area contributed by atoms with E-state index in [0.717, 1.165) is 25.2 Å². The van der Waals surface area contributed by atoms with Crippen molar-refractivity contribution in [3.63, 3.8) is 0 Å². The Kier molecular flexibility index (Phi) is 5.57. The molecule has 148 valence electrons. The molecule has 0 spiro atoms. The maximum atomic E-state index is 12.4. The zero-order chi connectivity index (χ0) is 20.2. The number of likely N-dealkylation sites (N-methyl/N-ethyl adjacent to an activating group) is 1. The molecule has 6 nitrogen and oxygen atoms in total. The number of rotatable bonds is 6. The summed E-state index contributed by atoms with van der Waals surface area (Å²) in [7, 11) is 0. The molecule has 7 heteroatoms. The molecule has 0 aliphatic carbocycles. The van der Waals surface area contributed by atoms with E-state index in [-0.39, 0.29) is 18.2 Å². The summed E-state index contributed by atoms with van der Waals surface area (Å²) >= 11 is 1.31. The number of fused-ring (bicyclic) bond motifs is 1. The largest absolute Gasteiger partial charge is 0.371 e. The molecule has 1 aliphatic rings. The van der Waals surface area contributed by atoms with Gasteiger partial charge >= 0.3 is 0 Å². The number of carbonyl (C=O) groups excluding carboxylic acids is 2. The van der Waals surface area contributed by atoms with Crippen LogP contribution in [-0.2, 0) is 17.6 Å². The molecule has 2 aromatic carbocycles. The number of aromatic nitrogens is 1. The molecule has 0 atom stereocenters. The van der Waals surface area contributed by atoms with Crippen LogP contribution in [0.25, 0.3) is 0 Å². The molecule has 1 aliphatic heterocycles. The maximum absolute atomic E-state index is 12.4. The van der Waals surface area contributed by atoms with Crippen LogP contribution in [0.1, 0.15) is 28.5 Å². The highest BCUT2D eigenvalue weighted by molar-refractivity contribution is 7.14. The summed E-state index contributed by atoms with van der Waals surface area (Å²) in [5, 5.41) is 8.00. The maximum Gasteiger partial charge on any atom is 0.257 e. The van der Waals surface area contributed by atoms with Gasteiger partial charge in [-0.05, 0) is 43.2 Å². The number of nitrogens with one attached hydrogen (secondary N) is 2. The van der Waals surface area contributed by atoms with Gasteiger partial charge in [-0.3, -0.25) is 14.9 Å². The predicted octanol–water partition coefficient (Wildman–Crippen LogP) is 3.96. The lowest BCUT2D eigenvalue weighted by Crippen LogP contribution is -2.19. The van der Waals surface area contributed by atoms with E-state index in [1.165, 1.54) is 22.6 Å². The summed E-state index contributed by atoms with van der Waals surface area (Å²) in [6.07, 6.45) is 1.21. The topological polar surface area (TPSA) is 74.3 Å². The molecule has 0 saturated heterocycles. The van der Waals surface area contributed by atoms with Crippen molar-refractivity contribution in [2.45, 2.75) is 19.8 Å². The van der Waals surface area contributed by atoms with E-state index in [2.05, 4.69) is 33.5 Å². The summed E-state index contributed by atoms with van der Waals surface area (Å²) in [6.45, 7) is 4.12. The molecule has 0 fully saturated rings. The summed E-state index contributed by atoms with van der Waals surface area (Å²) in [5.74, 6) is -0.341. The number of hydrogen-bond donors (Lipinski definition) is 2. The molecule has 0 bridgehead atoms. The number of amides is 2. The van der Waals surface area contributed by atoms with Crippen molar-refractivity contribution >= 4 is 39.7 Å². The molecule has 2 N–H and O–H groups in total. The minimum atomic E-state index is -0.213. The number of anilines is 3. The molecule has 0 saturated carbocycles. The highest BCUT2D eigenvalue weighted by Crippen LogP contribution is 2.30. The zero-order valence-corrected chi connectivity index (χ0v) is 17.0. The fraction of sp³-hybridized carbons (Fsp3) is 0.227. The quantitative estimate of drug-likeness (QED) is 0.650. The van der Waals surface area contributed by atoms with Gasteiger partial charge in [0.15, 0.2) is 5.13 Å². The third kappa shape index (κ3) is 4.46. The van der Waals surface area contributed by atoms with Crippen molar-refractivity contribution in [1.82, 2.24) is 4.98 Å². The highest BCUT2D eigenvalue weighted by Gasteiger charge is 2.18. The van der Waals surface area contributed by atoms with Crippen molar-refractivity contribution in [2.75, 3.05) is 28.6 Å². The first kappa shape index (κ1) is 19.1. The van der Waals surface area contributed by atoms with E-state index >= 15 is 0 Å². The minimum absolute atomic E-state index is 0.128. The van der Waals surface area contributed by atoms with Crippen LogP contribution in [0.3, 0.4) is 0 Å². The molecule has 2 heterocycles. The van der Waals surface area contributed by atoms with E-state index in [1.54, 1.807) is 17.5 Å². The second-order valence-electron chi connectivity index (χ2n) is 6.86. The van der Waals surface area contributed by atoms with Crippen LogP contribution in [0.4, 0.5) is 16.5 Å². The van der Waals surface area contributed by atoms with Gasteiger partial charge in [0.2, 0.25) is 5.91 Å². The molecule has 2 amide bonds. The number of hydrogen-bond acceptors (Lipinski definition) is 5. The Hall–Kier alpha value is -3.19. The molecular formula is C22H22N4O2S. The van der Waals surface area contributed by atoms with Crippen molar-refractivity contribution in [2.24, 2.45) is 0 Å². The number of nitrogens with zero attached hydrogens (tertiary/aromatic N) is 2. The van der Waals surface area contributed by atoms with E-state index in [4.69, 9.17) is 0 Å². The van der Waals surface area contributed by atoms with Crippen LogP contribution >= 0.6 is 11.3 Å². The van der Waals surface area contributed by atoms with E-state index < -0.39 is 0 Å². The Labute approximate surface area is 173 Å². The zero-order valence-electron chi connectivity index (χ0n) is 16.1. The Bertz CT molecular complexity index is 1030. The van der Waals surface area contributed by atoms with Crippen LogP contribution < -0.4 is 15.5 Å². The van der Waals surface area contributed by atoms with Crippen LogP contribution in [0.15, 0.2) is 53.9 Å². The van der Waals surface area contributed by atoms with Crippen LogP contribution in [0.5, 0.6) is 0 Å². The molecule has 29 heavy (non-hydrogen) atoms. The average Bonchev–Trinajstić information content (AvgIpc) is 3.34. The number of carbonyl (C=O) groups is 2. The monoisotopic (exact) mass is 406 g/mol. The molecule has 1 aromatic heterocycles. The Balaban J connectivity index is 1.36. The lowest BCUT2D eigenvalue weighted by atomic mass is 10.1. The van der Waals surface area contributed by atoms with Crippen LogP contribution in [-0.4, -0.2) is 29.9 Å². The molecule has 3 aromatic rings. The number of thiazole rings is 1. The van der Waals surface area contributed by atoms with Crippen molar-refractivity contribution in [3.05, 3.63) is 70.7 Å². The normalized spacial score (nSPS) is 12.5. The van der Waals surface area contributed by atoms with Gasteiger partial charge in [-0.2, -0.15) is 0 Å². The van der Waals surface area contributed by atoms with Gasteiger partial charge in [0.1, 0.15) is 0 Å². The standard InChI is InChI=1S/C22H22N4O2S/c1-2-26-11-10-15-8-9-17(12-19(15)26)23-20(27)13-18-14-29-22(24-18)25-21(28)16-6-4-3-5-7-16/h3-9,12,14H,2,10-11,13H2,1H3,(H,23,27)(H,24,25,28). The van der Waals surface area contributed by atoms with Gasteiger partial charge in [-0.25, -0.2) is 4.98 Å². The third-order valence-corrected chi connectivity index (χ3v) is 5.70. The van der Waals surface area contributed by atoms with Crippen molar-refractivity contribution in [3.8, 4) is 0 Å². The first-order chi connectivity index (χ1) is 14.1. The summed E-state index contributed by atoms with van der Waals surface area (Å²) in [5.41, 5.74) is 4.52. The predicted molar refractivity (Wildman–Crippen MR) is 117 cm³/mol. The summed E-state index contributed by atoms with van der Waals surface area (Å²) in [4.78, 5) is 31.3. The average molecular weight is 407 g/mol. The van der Waals surface area contributed by atoms with Gasteiger partial charge in [0.25, 0.3) is 5.91 Å². The smallest absolute Gasteiger partial charge is 0.257 e. The lowest BCUT2D eigenvalue weighted by molar-refractivity contribution is -0.115. The highest BCUT2D eigenvalue weighted by atomic mass is 32.1. The van der Waals surface area contributed by atoms with Crippen LogP contribution in [0, 0.1) is 0 Å². The Morgan fingerprint density at radius 3 is 2.76 bits per heavy atom. The van der Waals surface area contributed by atoms with Gasteiger partial charge in [0, 0.05) is 35.4 Å². The Morgan fingerprint density at radius 2 is 1.97 bits per heavy atom. The summed E-state index contributed by atoms with van der Waals surface area (Å²) < 4.78 is 0.